The highest BCUT2D eigenvalue weighted by Gasteiger charge is 2.09. The number of rotatable bonds is 3. The molecule has 1 aromatic carbocycles. The molecule has 0 unspecified atom stereocenters. The lowest BCUT2D eigenvalue weighted by molar-refractivity contribution is -0.117. The van der Waals surface area contributed by atoms with Gasteiger partial charge in [-0.15, -0.1) is 17.8 Å². The van der Waals surface area contributed by atoms with Gasteiger partial charge in [0.2, 0.25) is 0 Å². The number of thiophene rings is 1. The molecule has 2 heterocycles. The van der Waals surface area contributed by atoms with Gasteiger partial charge < -0.3 is 4.57 Å². The first-order valence-electron chi connectivity index (χ1n) is 7.22. The maximum atomic E-state index is 12.2. The van der Waals surface area contributed by atoms with E-state index in [9.17, 15) is 4.79 Å². The molecule has 5 heteroatoms. The molecule has 0 spiro atoms. The second-order valence-electron chi connectivity index (χ2n) is 5.34. The van der Waals surface area contributed by atoms with Gasteiger partial charge in [0.1, 0.15) is 0 Å². The zero-order valence-corrected chi connectivity index (χ0v) is 14.6. The van der Waals surface area contributed by atoms with Crippen LogP contribution in [0.2, 0.25) is 0 Å². The quantitative estimate of drug-likeness (QED) is 0.670. The monoisotopic (exact) mass is 340 g/mol. The molecular formula is C18H16N2OS2. The summed E-state index contributed by atoms with van der Waals surface area (Å²) in [7, 11) is 0. The van der Waals surface area contributed by atoms with E-state index < -0.39 is 0 Å². The number of carbonyl (C=O) groups excluding carboxylic acids is 1. The van der Waals surface area contributed by atoms with E-state index in [0.29, 0.717) is 17.8 Å². The first kappa shape index (κ1) is 15.7. The van der Waals surface area contributed by atoms with Gasteiger partial charge in [0.15, 0.2) is 4.80 Å². The Morgan fingerprint density at radius 1 is 1.35 bits per heavy atom. The van der Waals surface area contributed by atoms with Crippen LogP contribution in [-0.4, -0.2) is 10.5 Å². The topological polar surface area (TPSA) is 34.4 Å². The van der Waals surface area contributed by atoms with Crippen molar-refractivity contribution in [2.45, 2.75) is 26.8 Å². The van der Waals surface area contributed by atoms with Crippen LogP contribution in [0.5, 0.6) is 0 Å². The summed E-state index contributed by atoms with van der Waals surface area (Å²) < 4.78 is 3.05. The fourth-order valence-corrected chi connectivity index (χ4v) is 4.18. The summed E-state index contributed by atoms with van der Waals surface area (Å²) in [4.78, 5) is 18.2. The van der Waals surface area contributed by atoms with Crippen molar-refractivity contribution in [1.82, 2.24) is 4.57 Å². The summed E-state index contributed by atoms with van der Waals surface area (Å²) >= 11 is 3.08. The zero-order chi connectivity index (χ0) is 16.4. The third-order valence-electron chi connectivity index (χ3n) is 3.67. The van der Waals surface area contributed by atoms with E-state index in [1.54, 1.807) is 11.3 Å². The van der Waals surface area contributed by atoms with Crippen molar-refractivity contribution in [1.29, 1.82) is 0 Å². The lowest BCUT2D eigenvalue weighted by Gasteiger charge is -2.03. The van der Waals surface area contributed by atoms with Gasteiger partial charge in [0, 0.05) is 4.88 Å². The number of hydrogen-bond donors (Lipinski definition) is 0. The van der Waals surface area contributed by atoms with E-state index in [-0.39, 0.29) is 5.91 Å². The van der Waals surface area contributed by atoms with Crippen LogP contribution in [0.3, 0.4) is 0 Å². The fourth-order valence-electron chi connectivity index (χ4n) is 2.36. The highest BCUT2D eigenvalue weighted by Crippen LogP contribution is 2.22. The van der Waals surface area contributed by atoms with Crippen LogP contribution in [0.25, 0.3) is 10.2 Å². The number of terminal acetylenes is 1. The van der Waals surface area contributed by atoms with Crippen LogP contribution in [0.15, 0.2) is 34.6 Å². The lowest BCUT2D eigenvalue weighted by Crippen LogP contribution is -2.17. The second-order valence-corrected chi connectivity index (χ2v) is 7.38. The number of nitrogens with zero attached hydrogens (tertiary/aromatic N) is 2. The Hall–Kier alpha value is -2.16. The summed E-state index contributed by atoms with van der Waals surface area (Å²) in [6.07, 6.45) is 5.83. The number of hydrogen-bond acceptors (Lipinski definition) is 3. The number of aryl methyl sites for hydroxylation is 2. The SMILES string of the molecule is C#CCn1c(=NC(=O)Cc2cccs2)sc2cc(C)c(C)cc21. The van der Waals surface area contributed by atoms with E-state index in [4.69, 9.17) is 6.42 Å². The summed E-state index contributed by atoms with van der Waals surface area (Å²) in [6, 6.07) is 8.13. The molecule has 0 aliphatic carbocycles. The van der Waals surface area contributed by atoms with Crippen molar-refractivity contribution >= 4 is 38.8 Å². The summed E-state index contributed by atoms with van der Waals surface area (Å²) in [5.41, 5.74) is 3.47. The van der Waals surface area contributed by atoms with Crippen molar-refractivity contribution in [3.63, 3.8) is 0 Å². The molecule has 116 valence electrons. The Labute approximate surface area is 142 Å². The number of carbonyl (C=O) groups is 1. The minimum Gasteiger partial charge on any atom is -0.305 e. The Kier molecular flexibility index (Phi) is 4.46. The van der Waals surface area contributed by atoms with Crippen molar-refractivity contribution < 1.29 is 4.79 Å². The summed E-state index contributed by atoms with van der Waals surface area (Å²) in [6.45, 7) is 4.57. The molecule has 3 aromatic rings. The molecule has 0 saturated carbocycles. The standard InChI is InChI=1S/C18H16N2OS2/c1-4-7-20-15-9-12(2)13(3)10-16(15)23-18(20)19-17(21)11-14-6-5-8-22-14/h1,5-6,8-10H,7,11H2,2-3H3. The zero-order valence-electron chi connectivity index (χ0n) is 13.0. The highest BCUT2D eigenvalue weighted by molar-refractivity contribution is 7.16. The molecule has 0 radical (unpaired) electrons. The minimum absolute atomic E-state index is 0.141. The van der Waals surface area contributed by atoms with Crippen LogP contribution < -0.4 is 4.80 Å². The Morgan fingerprint density at radius 3 is 2.83 bits per heavy atom. The lowest BCUT2D eigenvalue weighted by atomic mass is 10.1. The van der Waals surface area contributed by atoms with Crippen molar-refractivity contribution in [2.75, 3.05) is 0 Å². The van der Waals surface area contributed by atoms with E-state index in [1.807, 2.05) is 22.1 Å². The molecule has 0 bridgehead atoms. The van der Waals surface area contributed by atoms with E-state index in [0.717, 1.165) is 15.1 Å². The number of benzene rings is 1. The molecule has 23 heavy (non-hydrogen) atoms. The number of fused-ring (bicyclic) bond motifs is 1. The summed E-state index contributed by atoms with van der Waals surface area (Å²) in [5.74, 6) is 2.52. The molecule has 0 atom stereocenters. The number of thiazole rings is 1. The third kappa shape index (κ3) is 3.29. The highest BCUT2D eigenvalue weighted by atomic mass is 32.1. The molecular weight excluding hydrogens is 324 g/mol. The second kappa shape index (κ2) is 6.53. The molecule has 3 rings (SSSR count). The molecule has 0 N–H and O–H groups in total. The predicted molar refractivity (Wildman–Crippen MR) is 96.7 cm³/mol. The summed E-state index contributed by atoms with van der Waals surface area (Å²) in [5, 5.41) is 1.96. The third-order valence-corrected chi connectivity index (χ3v) is 5.59. The van der Waals surface area contributed by atoms with Gasteiger partial charge in [-0.1, -0.05) is 23.3 Å². The Bertz CT molecular complexity index is 969. The van der Waals surface area contributed by atoms with Crippen LogP contribution in [0.4, 0.5) is 0 Å². The van der Waals surface area contributed by atoms with Gasteiger partial charge in [-0.25, -0.2) is 0 Å². The Morgan fingerprint density at radius 2 is 2.13 bits per heavy atom. The van der Waals surface area contributed by atoms with Crippen LogP contribution in [0, 0.1) is 26.2 Å². The molecule has 2 aromatic heterocycles. The fraction of sp³-hybridized carbons (Fsp3) is 0.222. The first-order valence-corrected chi connectivity index (χ1v) is 8.92. The molecule has 1 amide bonds. The van der Waals surface area contributed by atoms with Crippen LogP contribution >= 0.6 is 22.7 Å². The molecule has 0 aliphatic rings. The van der Waals surface area contributed by atoms with Gasteiger partial charge in [0.25, 0.3) is 5.91 Å². The molecule has 3 nitrogen and oxygen atoms in total. The Balaban J connectivity index is 2.08. The van der Waals surface area contributed by atoms with Crippen molar-refractivity contribution in [2.24, 2.45) is 4.99 Å². The largest absolute Gasteiger partial charge is 0.305 e. The average Bonchev–Trinajstić information content (AvgIpc) is 3.10. The predicted octanol–water partition coefficient (Wildman–Crippen LogP) is 3.68. The average molecular weight is 340 g/mol. The van der Waals surface area contributed by atoms with Crippen LogP contribution in [0.1, 0.15) is 16.0 Å². The molecule has 0 aliphatic heterocycles. The minimum atomic E-state index is -0.141. The smallest absolute Gasteiger partial charge is 0.253 e. The van der Waals surface area contributed by atoms with E-state index in [2.05, 4.69) is 36.9 Å². The van der Waals surface area contributed by atoms with Gasteiger partial charge in [-0.2, -0.15) is 4.99 Å². The van der Waals surface area contributed by atoms with Crippen LogP contribution in [-0.2, 0) is 17.8 Å². The maximum Gasteiger partial charge on any atom is 0.253 e. The van der Waals surface area contributed by atoms with Crippen molar-refractivity contribution in [3.05, 3.63) is 50.5 Å². The first-order chi connectivity index (χ1) is 11.1. The maximum absolute atomic E-state index is 12.2. The van der Waals surface area contributed by atoms with Crippen molar-refractivity contribution in [3.8, 4) is 12.3 Å². The van der Waals surface area contributed by atoms with Gasteiger partial charge in [-0.3, -0.25) is 4.79 Å². The van der Waals surface area contributed by atoms with Gasteiger partial charge in [-0.05, 0) is 48.6 Å². The molecule has 0 fully saturated rings. The van der Waals surface area contributed by atoms with Gasteiger partial charge in [0.05, 0.1) is 23.2 Å². The molecule has 0 saturated heterocycles. The van der Waals surface area contributed by atoms with E-state index in [1.165, 1.54) is 22.5 Å². The number of aromatic nitrogens is 1. The van der Waals surface area contributed by atoms with E-state index >= 15 is 0 Å². The van der Waals surface area contributed by atoms with Gasteiger partial charge >= 0.3 is 0 Å². The number of amides is 1. The normalized spacial score (nSPS) is 11.8.